The van der Waals surface area contributed by atoms with E-state index in [9.17, 15) is 18.8 Å². The fourth-order valence-corrected chi connectivity index (χ4v) is 3.01. The van der Waals surface area contributed by atoms with E-state index in [1.807, 2.05) is 0 Å². The first-order valence-electron chi connectivity index (χ1n) is 8.35. The summed E-state index contributed by atoms with van der Waals surface area (Å²) in [6, 6.07) is 7.63. The zero-order valence-corrected chi connectivity index (χ0v) is 14.7. The summed E-state index contributed by atoms with van der Waals surface area (Å²) in [6.45, 7) is 0.331. The molecule has 8 heteroatoms. The van der Waals surface area contributed by atoms with Crippen LogP contribution in [-0.2, 0) is 9.53 Å². The first-order valence-corrected chi connectivity index (χ1v) is 8.35. The number of nitrogens with zero attached hydrogens (tertiary/aromatic N) is 3. The molecule has 0 N–H and O–H groups in total. The van der Waals surface area contributed by atoms with Gasteiger partial charge in [-0.1, -0.05) is 6.07 Å². The summed E-state index contributed by atoms with van der Waals surface area (Å²) in [6.07, 6.45) is 2.96. The molecule has 0 bridgehead atoms. The van der Waals surface area contributed by atoms with Crippen molar-refractivity contribution >= 4 is 17.8 Å². The minimum absolute atomic E-state index is 0.0337. The second-order valence-electron chi connectivity index (χ2n) is 6.04. The van der Waals surface area contributed by atoms with Gasteiger partial charge >= 0.3 is 5.97 Å². The Labute approximate surface area is 155 Å². The number of pyridine rings is 1. The number of methoxy groups -OCH3 is 1. The van der Waals surface area contributed by atoms with Crippen LogP contribution >= 0.6 is 0 Å². The highest BCUT2D eigenvalue weighted by atomic mass is 19.1. The van der Waals surface area contributed by atoms with Gasteiger partial charge in [-0.05, 0) is 30.3 Å². The van der Waals surface area contributed by atoms with Crippen molar-refractivity contribution < 1.29 is 23.5 Å². The molecule has 1 aliphatic heterocycles. The smallest absolute Gasteiger partial charge is 0.330 e. The lowest BCUT2D eigenvalue weighted by atomic mass is 10.1. The van der Waals surface area contributed by atoms with Crippen LogP contribution in [0, 0.1) is 5.82 Å². The van der Waals surface area contributed by atoms with E-state index >= 15 is 0 Å². The average molecular weight is 371 g/mol. The summed E-state index contributed by atoms with van der Waals surface area (Å²) in [5.74, 6) is -1.91. The lowest BCUT2D eigenvalue weighted by molar-refractivity contribution is -0.147. The first-order chi connectivity index (χ1) is 13.0. The molecule has 0 unspecified atom stereocenters. The van der Waals surface area contributed by atoms with Crippen LogP contribution in [0.5, 0.6) is 0 Å². The molecular formula is C19H18FN3O4. The predicted molar refractivity (Wildman–Crippen MR) is 93.4 cm³/mol. The van der Waals surface area contributed by atoms with Crippen molar-refractivity contribution in [2.45, 2.75) is 6.04 Å². The van der Waals surface area contributed by atoms with Crippen molar-refractivity contribution in [3.63, 3.8) is 0 Å². The Morgan fingerprint density at radius 1 is 1.11 bits per heavy atom. The molecule has 0 spiro atoms. The third-order valence-electron chi connectivity index (χ3n) is 4.38. The molecule has 2 heterocycles. The minimum Gasteiger partial charge on any atom is -0.467 e. The van der Waals surface area contributed by atoms with Gasteiger partial charge in [-0.2, -0.15) is 0 Å². The number of piperazine rings is 1. The maximum Gasteiger partial charge on any atom is 0.330 e. The lowest BCUT2D eigenvalue weighted by Crippen LogP contribution is -2.59. The van der Waals surface area contributed by atoms with E-state index in [4.69, 9.17) is 4.74 Å². The molecule has 1 atom stereocenters. The van der Waals surface area contributed by atoms with E-state index in [0.29, 0.717) is 5.56 Å². The van der Waals surface area contributed by atoms with Crippen LogP contribution in [0.15, 0.2) is 48.8 Å². The minimum atomic E-state index is -0.950. The van der Waals surface area contributed by atoms with E-state index in [0.717, 1.165) is 6.07 Å². The van der Waals surface area contributed by atoms with Gasteiger partial charge in [0.15, 0.2) is 0 Å². The number of carbonyl (C=O) groups excluding carboxylic acids is 3. The average Bonchev–Trinajstić information content (AvgIpc) is 2.72. The van der Waals surface area contributed by atoms with Crippen molar-refractivity contribution in [2.24, 2.45) is 0 Å². The fourth-order valence-electron chi connectivity index (χ4n) is 3.01. The van der Waals surface area contributed by atoms with Gasteiger partial charge in [-0.25, -0.2) is 9.18 Å². The molecule has 0 radical (unpaired) electrons. The second kappa shape index (κ2) is 7.94. The van der Waals surface area contributed by atoms with Gasteiger partial charge in [0.1, 0.15) is 11.9 Å². The summed E-state index contributed by atoms with van der Waals surface area (Å²) in [5, 5.41) is 0. The standard InChI is InChI=1S/C19H18FN3O4/c1-27-19(26)16-12-22(17(24)13-4-2-6-15(20)10-13)8-9-23(16)18(25)14-5-3-7-21-11-14/h2-7,10-11,16H,8-9,12H2,1H3/t16-/m0/s1. The normalized spacial score (nSPS) is 16.7. The number of carbonyl (C=O) groups is 3. The van der Waals surface area contributed by atoms with Crippen molar-refractivity contribution in [3.05, 3.63) is 65.7 Å². The Balaban J connectivity index is 1.81. The van der Waals surface area contributed by atoms with Gasteiger partial charge < -0.3 is 14.5 Å². The number of rotatable bonds is 3. The van der Waals surface area contributed by atoms with Gasteiger partial charge in [0.2, 0.25) is 0 Å². The van der Waals surface area contributed by atoms with Crippen LogP contribution in [0.1, 0.15) is 20.7 Å². The molecule has 3 rings (SSSR count). The van der Waals surface area contributed by atoms with Crippen LogP contribution < -0.4 is 0 Å². The highest BCUT2D eigenvalue weighted by molar-refractivity contribution is 5.98. The largest absolute Gasteiger partial charge is 0.467 e. The number of hydrogen-bond donors (Lipinski definition) is 0. The molecule has 0 saturated carbocycles. The van der Waals surface area contributed by atoms with Gasteiger partial charge in [0, 0.05) is 31.0 Å². The Bertz CT molecular complexity index is 859. The zero-order chi connectivity index (χ0) is 19.4. The maximum absolute atomic E-state index is 13.4. The zero-order valence-electron chi connectivity index (χ0n) is 14.7. The number of amides is 2. The Morgan fingerprint density at radius 3 is 2.56 bits per heavy atom. The number of benzene rings is 1. The van der Waals surface area contributed by atoms with Crippen LogP contribution in [0.25, 0.3) is 0 Å². The Hall–Kier alpha value is -3.29. The molecular weight excluding hydrogens is 353 g/mol. The summed E-state index contributed by atoms with van der Waals surface area (Å²) in [7, 11) is 1.22. The van der Waals surface area contributed by atoms with Crippen molar-refractivity contribution in [2.75, 3.05) is 26.7 Å². The third-order valence-corrected chi connectivity index (χ3v) is 4.38. The predicted octanol–water partition coefficient (Wildman–Crippen LogP) is 1.36. The maximum atomic E-state index is 13.4. The highest BCUT2D eigenvalue weighted by Crippen LogP contribution is 2.18. The SMILES string of the molecule is COC(=O)[C@@H]1CN(C(=O)c2cccc(F)c2)CCN1C(=O)c1cccnc1. The van der Waals surface area contributed by atoms with Gasteiger partial charge in [-0.3, -0.25) is 14.6 Å². The van der Waals surface area contributed by atoms with Crippen LogP contribution in [-0.4, -0.2) is 65.4 Å². The van der Waals surface area contributed by atoms with Crippen LogP contribution in [0.2, 0.25) is 0 Å². The van der Waals surface area contributed by atoms with E-state index in [-0.39, 0.29) is 31.1 Å². The van der Waals surface area contributed by atoms with E-state index in [1.165, 1.54) is 41.3 Å². The number of aromatic nitrogens is 1. The third kappa shape index (κ3) is 3.94. The number of esters is 1. The number of halogens is 1. The lowest BCUT2D eigenvalue weighted by Gasteiger charge is -2.39. The molecule has 2 amide bonds. The fraction of sp³-hybridized carbons (Fsp3) is 0.263. The van der Waals surface area contributed by atoms with Crippen molar-refractivity contribution in [1.29, 1.82) is 0 Å². The Kier molecular flexibility index (Phi) is 5.44. The van der Waals surface area contributed by atoms with Crippen LogP contribution in [0.4, 0.5) is 4.39 Å². The van der Waals surface area contributed by atoms with E-state index in [1.54, 1.807) is 18.3 Å². The molecule has 1 aliphatic rings. The van der Waals surface area contributed by atoms with E-state index < -0.39 is 23.7 Å². The van der Waals surface area contributed by atoms with E-state index in [2.05, 4.69) is 4.98 Å². The molecule has 1 aromatic carbocycles. The summed E-state index contributed by atoms with van der Waals surface area (Å²) in [5.41, 5.74) is 0.530. The quantitative estimate of drug-likeness (QED) is 0.761. The van der Waals surface area contributed by atoms with Gasteiger partial charge in [-0.15, -0.1) is 0 Å². The monoisotopic (exact) mass is 371 g/mol. The Morgan fingerprint density at radius 2 is 1.89 bits per heavy atom. The second-order valence-corrected chi connectivity index (χ2v) is 6.04. The molecule has 0 aliphatic carbocycles. The number of ether oxygens (including phenoxy) is 1. The topological polar surface area (TPSA) is 79.8 Å². The van der Waals surface area contributed by atoms with Gasteiger partial charge in [0.25, 0.3) is 11.8 Å². The molecule has 1 aromatic heterocycles. The molecule has 140 valence electrons. The molecule has 1 saturated heterocycles. The van der Waals surface area contributed by atoms with Crippen molar-refractivity contribution in [3.8, 4) is 0 Å². The van der Waals surface area contributed by atoms with Gasteiger partial charge in [0.05, 0.1) is 19.2 Å². The first kappa shape index (κ1) is 18.5. The molecule has 1 fully saturated rings. The molecule has 7 nitrogen and oxygen atoms in total. The summed E-state index contributed by atoms with van der Waals surface area (Å²) < 4.78 is 18.2. The molecule has 2 aromatic rings. The molecule has 27 heavy (non-hydrogen) atoms. The summed E-state index contributed by atoms with van der Waals surface area (Å²) in [4.78, 5) is 44.3. The van der Waals surface area contributed by atoms with Crippen molar-refractivity contribution in [1.82, 2.24) is 14.8 Å². The highest BCUT2D eigenvalue weighted by Gasteiger charge is 2.38. The van der Waals surface area contributed by atoms with Crippen LogP contribution in [0.3, 0.4) is 0 Å². The number of hydrogen-bond acceptors (Lipinski definition) is 5. The summed E-state index contributed by atoms with van der Waals surface area (Å²) >= 11 is 0.